The van der Waals surface area contributed by atoms with Crippen molar-refractivity contribution >= 4 is 22.7 Å². The third-order valence-corrected chi connectivity index (χ3v) is 9.63. The van der Waals surface area contributed by atoms with E-state index in [2.05, 4.69) is 34.2 Å². The molecule has 0 saturated heterocycles. The van der Waals surface area contributed by atoms with Crippen molar-refractivity contribution in [3.8, 4) is 31.6 Å². The summed E-state index contributed by atoms with van der Waals surface area (Å²) in [6, 6.07) is 22.1. The summed E-state index contributed by atoms with van der Waals surface area (Å²) in [5, 5.41) is 22.9. The van der Waals surface area contributed by atoms with Gasteiger partial charge in [-0.1, -0.05) is 60.7 Å². The minimum absolute atomic E-state index is 0.498. The Balaban J connectivity index is 1.37. The highest BCUT2D eigenvalue weighted by molar-refractivity contribution is 7.23. The SMILES string of the molecule is CC1(O)CC(N)(c2ccc(-c3nc(-c4cnc([C@](C)(O)c5cccnc5)s4)sc3-c3ccccc3)cc2)C1. The summed E-state index contributed by atoms with van der Waals surface area (Å²) in [4.78, 5) is 15.7. The van der Waals surface area contributed by atoms with Gasteiger partial charge in [-0.3, -0.25) is 4.98 Å². The number of rotatable bonds is 6. The lowest BCUT2D eigenvalue weighted by molar-refractivity contribution is -0.0738. The van der Waals surface area contributed by atoms with E-state index < -0.39 is 16.7 Å². The Bertz CT molecular complexity index is 1570. The molecular weight excluding hydrogens is 512 g/mol. The molecule has 1 aliphatic rings. The van der Waals surface area contributed by atoms with E-state index in [0.717, 1.165) is 37.1 Å². The second kappa shape index (κ2) is 9.18. The van der Waals surface area contributed by atoms with Gasteiger partial charge in [-0.25, -0.2) is 9.97 Å². The fourth-order valence-corrected chi connectivity index (χ4v) is 7.37. The van der Waals surface area contributed by atoms with Gasteiger partial charge < -0.3 is 15.9 Å². The summed E-state index contributed by atoms with van der Waals surface area (Å²) in [7, 11) is 0. The van der Waals surface area contributed by atoms with Crippen LogP contribution in [0.4, 0.5) is 0 Å². The molecule has 1 atom stereocenters. The lowest BCUT2D eigenvalue weighted by Crippen LogP contribution is -2.58. The minimum Gasteiger partial charge on any atom is -0.390 e. The van der Waals surface area contributed by atoms with Gasteiger partial charge in [-0.2, -0.15) is 0 Å². The van der Waals surface area contributed by atoms with Crippen LogP contribution in [0.25, 0.3) is 31.6 Å². The Morgan fingerprint density at radius 2 is 1.66 bits per heavy atom. The first-order valence-corrected chi connectivity index (χ1v) is 14.1. The molecule has 0 radical (unpaired) electrons. The molecule has 1 fully saturated rings. The zero-order chi connectivity index (χ0) is 26.5. The van der Waals surface area contributed by atoms with Crippen molar-refractivity contribution in [1.29, 1.82) is 0 Å². The number of hydrogen-bond donors (Lipinski definition) is 3. The fourth-order valence-electron chi connectivity index (χ4n) is 5.25. The van der Waals surface area contributed by atoms with E-state index in [1.54, 1.807) is 36.9 Å². The van der Waals surface area contributed by atoms with E-state index in [9.17, 15) is 10.2 Å². The van der Waals surface area contributed by atoms with Crippen LogP contribution in [0.3, 0.4) is 0 Å². The summed E-state index contributed by atoms with van der Waals surface area (Å²) in [5.41, 5.74) is 8.81. The van der Waals surface area contributed by atoms with Crippen LogP contribution < -0.4 is 5.73 Å². The molecule has 0 spiro atoms. The zero-order valence-corrected chi connectivity index (χ0v) is 22.8. The van der Waals surface area contributed by atoms with Crippen molar-refractivity contribution in [3.63, 3.8) is 0 Å². The standard InChI is InChI=1S/C30H28N4O2S2/c1-28(35)17-30(31,18-28)21-12-10-19(11-13-21)24-25(20-7-4-3-5-8-20)38-26(34-24)23-16-33-27(37-23)29(2,36)22-9-6-14-32-15-22/h3-16,35-36H,17-18,31H2,1-2H3/t28?,29-,30?/m1/s1. The van der Waals surface area contributed by atoms with Crippen LogP contribution in [0.5, 0.6) is 0 Å². The van der Waals surface area contributed by atoms with Gasteiger partial charge in [0.25, 0.3) is 0 Å². The Morgan fingerprint density at radius 3 is 2.32 bits per heavy atom. The number of aromatic nitrogens is 3. The molecular formula is C30H28N4O2S2. The molecule has 3 heterocycles. The molecule has 1 aliphatic carbocycles. The van der Waals surface area contributed by atoms with Gasteiger partial charge in [0.15, 0.2) is 0 Å². The molecule has 0 amide bonds. The summed E-state index contributed by atoms with van der Waals surface area (Å²) in [6.07, 6.45) is 6.23. The summed E-state index contributed by atoms with van der Waals surface area (Å²) in [6.45, 7) is 3.57. The Hall–Kier alpha value is -3.27. The summed E-state index contributed by atoms with van der Waals surface area (Å²) >= 11 is 3.05. The highest BCUT2D eigenvalue weighted by Crippen LogP contribution is 2.47. The molecule has 6 nitrogen and oxygen atoms in total. The van der Waals surface area contributed by atoms with E-state index in [-0.39, 0.29) is 0 Å². The van der Waals surface area contributed by atoms with Crippen molar-refractivity contribution in [1.82, 2.24) is 15.0 Å². The first-order valence-electron chi connectivity index (χ1n) is 12.4. The van der Waals surface area contributed by atoms with Crippen LogP contribution in [-0.2, 0) is 11.1 Å². The maximum Gasteiger partial charge on any atom is 0.140 e. The van der Waals surface area contributed by atoms with Crippen LogP contribution in [-0.4, -0.2) is 30.8 Å². The van der Waals surface area contributed by atoms with E-state index in [1.165, 1.54) is 11.3 Å². The van der Waals surface area contributed by atoms with E-state index in [1.807, 2.05) is 49.4 Å². The maximum absolute atomic E-state index is 11.2. The number of pyridine rings is 1. The van der Waals surface area contributed by atoms with Crippen LogP contribution in [0, 0.1) is 0 Å². The highest BCUT2D eigenvalue weighted by Gasteiger charge is 2.49. The highest BCUT2D eigenvalue weighted by atomic mass is 32.1. The normalized spacial score (nSPS) is 22.6. The van der Waals surface area contributed by atoms with Crippen LogP contribution >= 0.6 is 22.7 Å². The lowest BCUT2D eigenvalue weighted by atomic mass is 9.63. The van der Waals surface area contributed by atoms with Crippen LogP contribution in [0.1, 0.15) is 42.8 Å². The Kier molecular flexibility index (Phi) is 6.05. The summed E-state index contributed by atoms with van der Waals surface area (Å²) in [5.74, 6) is 0. The quantitative estimate of drug-likeness (QED) is 0.246. The van der Waals surface area contributed by atoms with Gasteiger partial charge in [0, 0.05) is 35.3 Å². The number of nitrogens with two attached hydrogens (primary N) is 1. The van der Waals surface area contributed by atoms with Crippen LogP contribution in [0.15, 0.2) is 85.3 Å². The monoisotopic (exact) mass is 540 g/mol. The molecule has 5 aromatic rings. The predicted octanol–water partition coefficient (Wildman–Crippen LogP) is 5.95. The topological polar surface area (TPSA) is 105 Å². The average molecular weight is 541 g/mol. The van der Waals surface area contributed by atoms with Crippen molar-refractivity contribution < 1.29 is 10.2 Å². The van der Waals surface area contributed by atoms with Crippen molar-refractivity contribution in [3.05, 3.63) is 101 Å². The first-order chi connectivity index (χ1) is 18.1. The minimum atomic E-state index is -1.25. The van der Waals surface area contributed by atoms with Crippen molar-refractivity contribution in [2.75, 3.05) is 0 Å². The van der Waals surface area contributed by atoms with E-state index in [0.29, 0.717) is 23.4 Å². The van der Waals surface area contributed by atoms with Crippen molar-refractivity contribution in [2.24, 2.45) is 5.73 Å². The molecule has 0 aliphatic heterocycles. The van der Waals surface area contributed by atoms with E-state index in [4.69, 9.17) is 10.7 Å². The molecule has 3 aromatic heterocycles. The second-order valence-electron chi connectivity index (χ2n) is 10.5. The third-order valence-electron chi connectivity index (χ3n) is 7.15. The Morgan fingerprint density at radius 1 is 0.921 bits per heavy atom. The molecule has 38 heavy (non-hydrogen) atoms. The number of benzene rings is 2. The number of hydrogen-bond acceptors (Lipinski definition) is 8. The predicted molar refractivity (Wildman–Crippen MR) is 153 cm³/mol. The Labute approximate surface area is 229 Å². The number of aliphatic hydroxyl groups is 2. The van der Waals surface area contributed by atoms with Gasteiger partial charge >= 0.3 is 0 Å². The van der Waals surface area contributed by atoms with Gasteiger partial charge in [0.2, 0.25) is 0 Å². The molecule has 0 bridgehead atoms. The average Bonchev–Trinajstić information content (AvgIpc) is 3.57. The molecule has 192 valence electrons. The smallest absolute Gasteiger partial charge is 0.140 e. The zero-order valence-electron chi connectivity index (χ0n) is 21.1. The first kappa shape index (κ1) is 25.0. The number of nitrogens with zero attached hydrogens (tertiary/aromatic N) is 3. The molecule has 1 saturated carbocycles. The molecule has 6 rings (SSSR count). The molecule has 0 unspecified atom stereocenters. The van der Waals surface area contributed by atoms with Crippen molar-refractivity contribution in [2.45, 2.75) is 43.4 Å². The van der Waals surface area contributed by atoms with Gasteiger partial charge in [0.05, 0.1) is 21.0 Å². The lowest BCUT2D eigenvalue weighted by Gasteiger charge is -2.49. The number of thiazole rings is 2. The van der Waals surface area contributed by atoms with Gasteiger partial charge in [0.1, 0.15) is 15.6 Å². The molecule has 4 N–H and O–H groups in total. The van der Waals surface area contributed by atoms with Crippen LogP contribution in [0.2, 0.25) is 0 Å². The van der Waals surface area contributed by atoms with Gasteiger partial charge in [-0.15, -0.1) is 22.7 Å². The summed E-state index contributed by atoms with van der Waals surface area (Å²) < 4.78 is 0. The third kappa shape index (κ3) is 4.48. The molecule has 8 heteroatoms. The van der Waals surface area contributed by atoms with E-state index >= 15 is 0 Å². The maximum atomic E-state index is 11.2. The second-order valence-corrected chi connectivity index (χ2v) is 12.5. The van der Waals surface area contributed by atoms with Gasteiger partial charge in [-0.05, 0) is 43.9 Å². The fraction of sp³-hybridized carbons (Fsp3) is 0.233. The largest absolute Gasteiger partial charge is 0.390 e. The molecule has 2 aromatic carbocycles.